The molecule has 1 heterocycles. The number of aliphatic hydroxyl groups is 1. The standard InChI is InChI=1S/C36H47N3O6/c1-8-10-28-17-29(20-40)39(19-28)35(43)31-15-23(5)24(6)16-32(31)38-36(44)45-21-27-13-11-26(12-14-27)18-33(41)25(7)37-34(42)30(9-2)22(3)4/h8,10-16,19,22,25,29-30,40H,9,17-18,20-21H2,1-7H3,(H,37,42)(H,38,44)/b10-8+/t25-,29-,30-/m0/s1. The van der Waals surface area contributed by atoms with E-state index in [1.165, 1.54) is 4.90 Å². The Morgan fingerprint density at radius 2 is 1.69 bits per heavy atom. The molecule has 45 heavy (non-hydrogen) atoms. The molecule has 0 aromatic heterocycles. The summed E-state index contributed by atoms with van der Waals surface area (Å²) in [6, 6.07) is 9.67. The Labute approximate surface area is 266 Å². The molecule has 1 aliphatic rings. The molecule has 3 amide bonds. The molecule has 0 saturated carbocycles. The number of hydrogen-bond donors (Lipinski definition) is 3. The Bertz CT molecular complexity index is 1440. The number of allylic oxidation sites excluding steroid dienone is 2. The lowest BCUT2D eigenvalue weighted by Gasteiger charge is -2.23. The maximum absolute atomic E-state index is 13.6. The molecule has 0 saturated heterocycles. The number of aryl methyl sites for hydroxylation is 2. The SMILES string of the molecule is C/C=C/C1=CN(C(=O)c2cc(C)c(C)cc2NC(=O)OCc2ccc(CC(=O)[C@H](C)NC(=O)[C@@H](CC)C(C)C)cc2)[C@H](CO)C1. The molecule has 0 fully saturated rings. The highest BCUT2D eigenvalue weighted by Gasteiger charge is 2.30. The molecule has 0 radical (unpaired) electrons. The van der Waals surface area contributed by atoms with E-state index < -0.39 is 12.1 Å². The Morgan fingerprint density at radius 1 is 1.04 bits per heavy atom. The summed E-state index contributed by atoms with van der Waals surface area (Å²) in [6.45, 7) is 13.2. The highest BCUT2D eigenvalue weighted by atomic mass is 16.5. The fourth-order valence-corrected chi connectivity index (χ4v) is 5.41. The van der Waals surface area contributed by atoms with E-state index in [4.69, 9.17) is 4.74 Å². The second-order valence-corrected chi connectivity index (χ2v) is 12.1. The van der Waals surface area contributed by atoms with Crippen LogP contribution < -0.4 is 10.6 Å². The number of Topliss-reactive ketones (excluding diaryl/α,β-unsaturated/α-hetero) is 1. The van der Waals surface area contributed by atoms with E-state index in [-0.39, 0.29) is 55.1 Å². The second kappa shape index (κ2) is 16.2. The lowest BCUT2D eigenvalue weighted by Crippen LogP contribution is -2.43. The van der Waals surface area contributed by atoms with Crippen molar-refractivity contribution in [2.45, 2.75) is 86.4 Å². The summed E-state index contributed by atoms with van der Waals surface area (Å²) in [5.74, 6) is -0.440. The summed E-state index contributed by atoms with van der Waals surface area (Å²) < 4.78 is 5.46. The first-order chi connectivity index (χ1) is 21.4. The first-order valence-electron chi connectivity index (χ1n) is 15.6. The maximum Gasteiger partial charge on any atom is 0.411 e. The Kier molecular flexibility index (Phi) is 12.7. The number of rotatable bonds is 13. The van der Waals surface area contributed by atoms with E-state index in [9.17, 15) is 24.3 Å². The van der Waals surface area contributed by atoms with E-state index in [1.807, 2.05) is 53.7 Å². The van der Waals surface area contributed by atoms with E-state index >= 15 is 0 Å². The number of benzene rings is 2. The van der Waals surface area contributed by atoms with Crippen LogP contribution in [0.3, 0.4) is 0 Å². The van der Waals surface area contributed by atoms with Crippen LogP contribution in [0, 0.1) is 25.7 Å². The molecule has 0 spiro atoms. The first kappa shape index (κ1) is 35.2. The second-order valence-electron chi connectivity index (χ2n) is 12.1. The monoisotopic (exact) mass is 617 g/mol. The number of ketones is 1. The van der Waals surface area contributed by atoms with Crippen LogP contribution in [-0.4, -0.2) is 52.4 Å². The van der Waals surface area contributed by atoms with Gasteiger partial charge in [-0.05, 0) is 86.4 Å². The number of carbonyl (C=O) groups is 4. The number of hydrogen-bond acceptors (Lipinski definition) is 6. The summed E-state index contributed by atoms with van der Waals surface area (Å²) in [5, 5.41) is 15.5. The van der Waals surface area contributed by atoms with Crippen LogP contribution in [0.2, 0.25) is 0 Å². The summed E-state index contributed by atoms with van der Waals surface area (Å²) in [4.78, 5) is 53.2. The highest BCUT2D eigenvalue weighted by molar-refractivity contribution is 6.04. The van der Waals surface area contributed by atoms with Gasteiger partial charge in [-0.15, -0.1) is 0 Å². The summed E-state index contributed by atoms with van der Waals surface area (Å²) >= 11 is 0. The molecule has 9 nitrogen and oxygen atoms in total. The number of anilines is 1. The van der Waals surface area contributed by atoms with Crippen molar-refractivity contribution in [2.75, 3.05) is 11.9 Å². The number of carbonyl (C=O) groups excluding carboxylic acids is 4. The van der Waals surface area contributed by atoms with Crippen molar-refractivity contribution in [3.05, 3.63) is 88.1 Å². The Balaban J connectivity index is 1.61. The van der Waals surface area contributed by atoms with Gasteiger partial charge in [-0.2, -0.15) is 0 Å². The van der Waals surface area contributed by atoms with Gasteiger partial charge in [-0.3, -0.25) is 19.7 Å². The molecule has 0 aliphatic carbocycles. The average molecular weight is 618 g/mol. The van der Waals surface area contributed by atoms with Gasteiger partial charge in [0.15, 0.2) is 5.78 Å². The fourth-order valence-electron chi connectivity index (χ4n) is 5.41. The minimum absolute atomic E-state index is 0.0115. The molecular weight excluding hydrogens is 570 g/mol. The quantitative estimate of drug-likeness (QED) is 0.253. The van der Waals surface area contributed by atoms with Crippen LogP contribution >= 0.6 is 0 Å². The van der Waals surface area contributed by atoms with Crippen LogP contribution in [0.5, 0.6) is 0 Å². The number of ether oxygens (including phenoxy) is 1. The molecular formula is C36H47N3O6. The van der Waals surface area contributed by atoms with Crippen LogP contribution in [0.15, 0.2) is 60.3 Å². The third-order valence-corrected chi connectivity index (χ3v) is 8.29. The highest BCUT2D eigenvalue weighted by Crippen LogP contribution is 2.29. The third kappa shape index (κ3) is 9.38. The molecule has 0 bridgehead atoms. The van der Waals surface area contributed by atoms with Gasteiger partial charge >= 0.3 is 6.09 Å². The molecule has 2 aromatic carbocycles. The van der Waals surface area contributed by atoms with Crippen molar-refractivity contribution >= 4 is 29.4 Å². The van der Waals surface area contributed by atoms with Crippen molar-refractivity contribution in [3.63, 3.8) is 0 Å². The number of nitrogens with zero attached hydrogens (tertiary/aromatic N) is 1. The minimum atomic E-state index is -0.715. The topological polar surface area (TPSA) is 125 Å². The normalized spacial score (nSPS) is 16.0. The zero-order valence-corrected chi connectivity index (χ0v) is 27.5. The number of aliphatic hydroxyl groups excluding tert-OH is 1. The van der Waals surface area contributed by atoms with E-state index in [0.717, 1.165) is 34.2 Å². The molecule has 0 unspecified atom stereocenters. The lowest BCUT2D eigenvalue weighted by atomic mass is 9.92. The number of amides is 3. The summed E-state index contributed by atoms with van der Waals surface area (Å²) in [6.07, 6.45) is 6.26. The number of nitrogens with one attached hydrogen (secondary N) is 2. The van der Waals surface area contributed by atoms with Crippen LogP contribution in [0.25, 0.3) is 0 Å². The lowest BCUT2D eigenvalue weighted by molar-refractivity contribution is -0.130. The van der Waals surface area contributed by atoms with E-state index in [0.29, 0.717) is 17.7 Å². The van der Waals surface area contributed by atoms with Gasteiger partial charge in [0, 0.05) is 18.5 Å². The zero-order valence-electron chi connectivity index (χ0n) is 27.5. The third-order valence-electron chi connectivity index (χ3n) is 8.29. The van der Waals surface area contributed by atoms with Gasteiger partial charge in [0.25, 0.3) is 5.91 Å². The predicted octanol–water partition coefficient (Wildman–Crippen LogP) is 6.02. The van der Waals surface area contributed by atoms with Crippen LogP contribution in [0.1, 0.15) is 80.1 Å². The smallest absolute Gasteiger partial charge is 0.411 e. The Morgan fingerprint density at radius 3 is 2.29 bits per heavy atom. The molecule has 3 N–H and O–H groups in total. The molecule has 3 atom stereocenters. The molecule has 3 rings (SSSR count). The largest absolute Gasteiger partial charge is 0.444 e. The van der Waals surface area contributed by atoms with Crippen LogP contribution in [-0.2, 0) is 27.4 Å². The van der Waals surface area contributed by atoms with Gasteiger partial charge in [0.05, 0.1) is 29.9 Å². The fraction of sp³-hybridized carbons (Fsp3) is 0.444. The zero-order chi connectivity index (χ0) is 33.3. The van der Waals surface area contributed by atoms with E-state index in [1.54, 1.807) is 49.5 Å². The predicted molar refractivity (Wildman–Crippen MR) is 176 cm³/mol. The van der Waals surface area contributed by atoms with Gasteiger partial charge in [-0.25, -0.2) is 4.79 Å². The van der Waals surface area contributed by atoms with Gasteiger partial charge in [0.2, 0.25) is 5.91 Å². The van der Waals surface area contributed by atoms with Crippen molar-refractivity contribution < 1.29 is 29.0 Å². The molecule has 242 valence electrons. The summed E-state index contributed by atoms with van der Waals surface area (Å²) in [7, 11) is 0. The molecule has 9 heteroatoms. The first-order valence-corrected chi connectivity index (χ1v) is 15.6. The van der Waals surface area contributed by atoms with Crippen LogP contribution in [0.4, 0.5) is 10.5 Å². The van der Waals surface area contributed by atoms with Crippen molar-refractivity contribution in [3.8, 4) is 0 Å². The van der Waals surface area contributed by atoms with Gasteiger partial charge in [-0.1, -0.05) is 57.2 Å². The van der Waals surface area contributed by atoms with Crippen molar-refractivity contribution in [1.82, 2.24) is 10.2 Å². The van der Waals surface area contributed by atoms with Gasteiger partial charge < -0.3 is 20.1 Å². The van der Waals surface area contributed by atoms with Gasteiger partial charge in [0.1, 0.15) is 6.61 Å². The molecule has 2 aromatic rings. The summed E-state index contributed by atoms with van der Waals surface area (Å²) in [5.41, 5.74) is 4.88. The minimum Gasteiger partial charge on any atom is -0.444 e. The van der Waals surface area contributed by atoms with Crippen molar-refractivity contribution in [1.29, 1.82) is 0 Å². The Hall–Kier alpha value is -4.24. The average Bonchev–Trinajstić information content (AvgIpc) is 3.41. The molecule has 1 aliphatic heterocycles. The maximum atomic E-state index is 13.6. The van der Waals surface area contributed by atoms with Crippen molar-refractivity contribution in [2.24, 2.45) is 11.8 Å². The van der Waals surface area contributed by atoms with E-state index in [2.05, 4.69) is 10.6 Å².